The number of azide groups is 1. The third-order valence-corrected chi connectivity index (χ3v) is 5.93. The topological polar surface area (TPSA) is 177 Å². The SMILES string of the molecule is COC(=O)C(Cc1ccc(OC[C@H](O)COS(=O)(=O)c2ccc(C)cc2)cc1)NC(=O)CN=[N+]=[N-]. The minimum absolute atomic E-state index is 0.00829. The molecule has 2 rings (SSSR count). The molecule has 2 atom stereocenters. The molecule has 35 heavy (non-hydrogen) atoms. The van der Waals surface area contributed by atoms with E-state index in [1.807, 2.05) is 6.92 Å². The average Bonchev–Trinajstić information content (AvgIpc) is 2.85. The minimum atomic E-state index is -4.00. The van der Waals surface area contributed by atoms with E-state index < -0.39 is 47.3 Å². The second-order valence-electron chi connectivity index (χ2n) is 7.40. The van der Waals surface area contributed by atoms with Gasteiger partial charge in [0.15, 0.2) is 0 Å². The molecule has 0 heterocycles. The Hall–Kier alpha value is -3.64. The Bertz CT molecular complexity index is 1150. The second-order valence-corrected chi connectivity index (χ2v) is 9.01. The van der Waals surface area contributed by atoms with E-state index in [4.69, 9.17) is 19.2 Å². The number of ether oxygens (including phenoxy) is 2. The standard InChI is InChI=1S/C22H26N4O8S/c1-15-3-9-19(10-4-15)35(30,31)34-14-17(27)13-33-18-7-5-16(6-8-18)11-20(22(29)32-2)25-21(28)12-24-26-23/h3-10,17,20,27H,11-14H2,1-2H3,(H,25,28)/t17-,20?/m0/s1. The molecule has 0 saturated carbocycles. The van der Waals surface area contributed by atoms with Crippen LogP contribution in [0, 0.1) is 6.92 Å². The molecule has 1 amide bonds. The van der Waals surface area contributed by atoms with Crippen LogP contribution >= 0.6 is 0 Å². The van der Waals surface area contributed by atoms with Crippen molar-refractivity contribution in [2.45, 2.75) is 30.4 Å². The smallest absolute Gasteiger partial charge is 0.328 e. The molecular weight excluding hydrogens is 480 g/mol. The second kappa shape index (κ2) is 13.3. The van der Waals surface area contributed by atoms with Crippen molar-refractivity contribution in [3.63, 3.8) is 0 Å². The van der Waals surface area contributed by atoms with Crippen LogP contribution in [-0.2, 0) is 35.0 Å². The van der Waals surface area contributed by atoms with E-state index >= 15 is 0 Å². The van der Waals surface area contributed by atoms with Crippen LogP contribution in [-0.4, -0.2) is 64.4 Å². The number of amides is 1. The number of nitrogens with one attached hydrogen (secondary N) is 1. The Labute approximate surface area is 202 Å². The number of hydrogen-bond donors (Lipinski definition) is 2. The van der Waals surface area contributed by atoms with Gasteiger partial charge in [-0.25, -0.2) is 4.79 Å². The Balaban J connectivity index is 1.87. The van der Waals surface area contributed by atoms with Gasteiger partial charge in [0.2, 0.25) is 5.91 Å². The largest absolute Gasteiger partial charge is 0.491 e. The number of aliphatic hydroxyl groups excluding tert-OH is 1. The number of methoxy groups -OCH3 is 1. The predicted octanol–water partition coefficient (Wildman–Crippen LogP) is 1.65. The number of nitrogens with zero attached hydrogens (tertiary/aromatic N) is 3. The first-order valence-electron chi connectivity index (χ1n) is 10.4. The Kier molecular flexibility index (Phi) is 10.5. The predicted molar refractivity (Wildman–Crippen MR) is 124 cm³/mol. The van der Waals surface area contributed by atoms with Gasteiger partial charge in [0.05, 0.1) is 18.6 Å². The minimum Gasteiger partial charge on any atom is -0.491 e. The monoisotopic (exact) mass is 506 g/mol. The van der Waals surface area contributed by atoms with Gasteiger partial charge in [-0.2, -0.15) is 8.42 Å². The maximum Gasteiger partial charge on any atom is 0.328 e. The first-order valence-corrected chi connectivity index (χ1v) is 11.8. The summed E-state index contributed by atoms with van der Waals surface area (Å²) in [6.45, 7) is 0.678. The van der Waals surface area contributed by atoms with Crippen LogP contribution in [0.2, 0.25) is 0 Å². The molecule has 0 aromatic heterocycles. The highest BCUT2D eigenvalue weighted by molar-refractivity contribution is 7.86. The Morgan fingerprint density at radius 2 is 1.77 bits per heavy atom. The quantitative estimate of drug-likeness (QED) is 0.135. The number of rotatable bonds is 13. The summed E-state index contributed by atoms with van der Waals surface area (Å²) in [6.07, 6.45) is -1.09. The van der Waals surface area contributed by atoms with Crippen molar-refractivity contribution in [2.24, 2.45) is 5.11 Å². The van der Waals surface area contributed by atoms with Gasteiger partial charge in [-0.3, -0.25) is 8.98 Å². The summed E-state index contributed by atoms with van der Waals surface area (Å²) in [5.41, 5.74) is 9.86. The third kappa shape index (κ3) is 9.26. The van der Waals surface area contributed by atoms with E-state index in [2.05, 4.69) is 15.3 Å². The number of benzene rings is 2. The summed E-state index contributed by atoms with van der Waals surface area (Å²) in [5.74, 6) is -0.904. The van der Waals surface area contributed by atoms with Crippen LogP contribution in [0.25, 0.3) is 10.4 Å². The summed E-state index contributed by atoms with van der Waals surface area (Å²) < 4.78 is 39.4. The molecule has 0 aliphatic rings. The Morgan fingerprint density at radius 3 is 2.37 bits per heavy atom. The van der Waals surface area contributed by atoms with Crippen molar-refractivity contribution < 1.29 is 36.8 Å². The lowest BCUT2D eigenvalue weighted by Gasteiger charge is -2.16. The van der Waals surface area contributed by atoms with Crippen molar-refractivity contribution in [2.75, 3.05) is 26.9 Å². The van der Waals surface area contributed by atoms with Gasteiger partial charge in [-0.1, -0.05) is 34.9 Å². The fourth-order valence-corrected chi connectivity index (χ4v) is 3.75. The van der Waals surface area contributed by atoms with Crippen molar-refractivity contribution in [3.8, 4) is 5.75 Å². The Morgan fingerprint density at radius 1 is 1.11 bits per heavy atom. The molecule has 2 aromatic rings. The summed E-state index contributed by atoms with van der Waals surface area (Å²) >= 11 is 0. The van der Waals surface area contributed by atoms with Gasteiger partial charge in [0.1, 0.15) is 31.0 Å². The highest BCUT2D eigenvalue weighted by Crippen LogP contribution is 2.16. The fourth-order valence-electron chi connectivity index (χ4n) is 2.81. The number of aryl methyl sites for hydroxylation is 1. The van der Waals surface area contributed by atoms with Crippen molar-refractivity contribution in [1.82, 2.24) is 5.32 Å². The normalized spacial score (nSPS) is 12.7. The van der Waals surface area contributed by atoms with Crippen molar-refractivity contribution in [3.05, 3.63) is 70.1 Å². The highest BCUT2D eigenvalue weighted by atomic mass is 32.2. The molecule has 0 aliphatic heterocycles. The van der Waals surface area contributed by atoms with Gasteiger partial charge < -0.3 is 19.9 Å². The van der Waals surface area contributed by atoms with Crippen LogP contribution in [0.4, 0.5) is 0 Å². The lowest BCUT2D eigenvalue weighted by molar-refractivity contribution is -0.144. The van der Waals surface area contributed by atoms with Gasteiger partial charge >= 0.3 is 5.97 Å². The van der Waals surface area contributed by atoms with Crippen LogP contribution in [0.1, 0.15) is 11.1 Å². The first kappa shape index (κ1) is 27.6. The number of carbonyl (C=O) groups is 2. The number of esters is 1. The lowest BCUT2D eigenvalue weighted by Crippen LogP contribution is -2.43. The molecule has 0 fully saturated rings. The maximum atomic E-state index is 12.2. The molecule has 2 N–H and O–H groups in total. The van der Waals surface area contributed by atoms with E-state index in [1.165, 1.54) is 19.2 Å². The van der Waals surface area contributed by atoms with E-state index in [0.717, 1.165) is 5.56 Å². The summed E-state index contributed by atoms with van der Waals surface area (Å²) in [7, 11) is -2.81. The van der Waals surface area contributed by atoms with E-state index in [0.29, 0.717) is 11.3 Å². The van der Waals surface area contributed by atoms with Crippen LogP contribution in [0.5, 0.6) is 5.75 Å². The van der Waals surface area contributed by atoms with Crippen molar-refractivity contribution in [1.29, 1.82) is 0 Å². The number of carbonyl (C=O) groups excluding carboxylic acids is 2. The molecule has 0 saturated heterocycles. The number of aliphatic hydroxyl groups is 1. The van der Waals surface area contributed by atoms with Gasteiger partial charge in [0, 0.05) is 11.3 Å². The van der Waals surface area contributed by atoms with E-state index in [9.17, 15) is 23.1 Å². The molecule has 188 valence electrons. The molecule has 0 radical (unpaired) electrons. The van der Waals surface area contributed by atoms with Crippen molar-refractivity contribution >= 4 is 22.0 Å². The zero-order valence-corrected chi connectivity index (χ0v) is 20.0. The molecule has 0 aliphatic carbocycles. The highest BCUT2D eigenvalue weighted by Gasteiger charge is 2.22. The molecule has 13 heteroatoms. The number of hydrogen-bond acceptors (Lipinski definition) is 9. The van der Waals surface area contributed by atoms with Gasteiger partial charge in [-0.15, -0.1) is 0 Å². The lowest BCUT2D eigenvalue weighted by atomic mass is 10.1. The zero-order valence-electron chi connectivity index (χ0n) is 19.2. The summed E-state index contributed by atoms with van der Waals surface area (Å²) in [4.78, 5) is 26.2. The molecule has 12 nitrogen and oxygen atoms in total. The molecule has 2 aromatic carbocycles. The van der Waals surface area contributed by atoms with Crippen LogP contribution in [0.3, 0.4) is 0 Å². The average molecular weight is 507 g/mol. The fraction of sp³-hybridized carbons (Fsp3) is 0.364. The van der Waals surface area contributed by atoms with Gasteiger partial charge in [-0.05, 0) is 42.3 Å². The van der Waals surface area contributed by atoms with E-state index in [-0.39, 0.29) is 17.9 Å². The van der Waals surface area contributed by atoms with E-state index in [1.54, 1.807) is 36.4 Å². The summed E-state index contributed by atoms with van der Waals surface area (Å²) in [6, 6.07) is 11.6. The van der Waals surface area contributed by atoms with Gasteiger partial charge in [0.25, 0.3) is 10.1 Å². The molecule has 0 bridgehead atoms. The van der Waals surface area contributed by atoms with Crippen LogP contribution < -0.4 is 10.1 Å². The first-order chi connectivity index (χ1) is 16.6. The van der Waals surface area contributed by atoms with Crippen LogP contribution in [0.15, 0.2) is 58.5 Å². The molecule has 0 spiro atoms. The zero-order chi connectivity index (χ0) is 25.8. The maximum absolute atomic E-state index is 12.2. The molecule has 1 unspecified atom stereocenters. The summed E-state index contributed by atoms with van der Waals surface area (Å²) in [5, 5.41) is 15.6. The third-order valence-electron chi connectivity index (χ3n) is 4.63. The molecular formula is C22H26N4O8S.